The molecule has 1 aromatic heterocycles. The molecule has 5 fully saturated rings. The van der Waals surface area contributed by atoms with Crippen LogP contribution in [0.4, 0.5) is 17.3 Å². The van der Waals surface area contributed by atoms with E-state index in [-0.39, 0.29) is 52.7 Å². The van der Waals surface area contributed by atoms with Gasteiger partial charge in [0, 0.05) is 93.9 Å². The van der Waals surface area contributed by atoms with E-state index < -0.39 is 0 Å². The van der Waals surface area contributed by atoms with E-state index in [0.29, 0.717) is 59.0 Å². The number of imide groups is 1. The Morgan fingerprint density at radius 1 is 0.850 bits per heavy atom. The molecule has 0 spiro atoms. The van der Waals surface area contributed by atoms with Gasteiger partial charge in [-0.25, -0.2) is 9.97 Å². The van der Waals surface area contributed by atoms with Crippen molar-refractivity contribution in [1.82, 2.24) is 30.4 Å². The molecule has 1 aliphatic carbocycles. The molecule has 13 nitrogen and oxygen atoms in total. The predicted molar refractivity (Wildman–Crippen MR) is 235 cm³/mol. The SMILES string of the molecule is CC1(NC(=O)C2CCC(C(=O)N3CCN(CC4CCN(c5ccc([C@@H]6CCC(=O)NC6=O)cc5)CC4)CC3)CC2)CCN(c2cnc(-c3cccc(Cl)c3Cl)c(N)n2)CC1. The number of rotatable bonds is 9. The Balaban J connectivity index is 0.724. The molecule has 3 aromatic rings. The number of hydrogen-bond acceptors (Lipinski definition) is 10. The Labute approximate surface area is 362 Å². The molecule has 4 saturated heterocycles. The molecule has 4 amide bonds. The first-order valence-corrected chi connectivity index (χ1v) is 22.5. The van der Waals surface area contributed by atoms with Crippen molar-refractivity contribution in [3.05, 3.63) is 64.3 Å². The van der Waals surface area contributed by atoms with Gasteiger partial charge in [0.2, 0.25) is 23.6 Å². The number of aromatic nitrogens is 2. The first-order chi connectivity index (χ1) is 28.9. The number of carbonyl (C=O) groups excluding carboxylic acids is 4. The maximum atomic E-state index is 13.6. The van der Waals surface area contributed by atoms with E-state index in [1.807, 2.05) is 18.2 Å². The van der Waals surface area contributed by atoms with Gasteiger partial charge in [-0.2, -0.15) is 0 Å². The van der Waals surface area contributed by atoms with Crippen molar-refractivity contribution in [2.75, 3.05) is 74.4 Å². The summed E-state index contributed by atoms with van der Waals surface area (Å²) in [5.41, 5.74) is 9.29. The van der Waals surface area contributed by atoms with Gasteiger partial charge >= 0.3 is 0 Å². The lowest BCUT2D eigenvalue weighted by Crippen LogP contribution is -2.55. The number of amides is 4. The molecule has 320 valence electrons. The summed E-state index contributed by atoms with van der Waals surface area (Å²) in [6, 6.07) is 13.6. The van der Waals surface area contributed by atoms with Gasteiger partial charge in [0.25, 0.3) is 0 Å². The lowest BCUT2D eigenvalue weighted by molar-refractivity contribution is -0.140. The van der Waals surface area contributed by atoms with Crippen LogP contribution in [0.2, 0.25) is 10.0 Å². The number of piperidine rings is 3. The molecule has 5 heterocycles. The second kappa shape index (κ2) is 18.3. The highest BCUT2D eigenvalue weighted by Gasteiger charge is 2.38. The third kappa shape index (κ3) is 9.53. The van der Waals surface area contributed by atoms with E-state index in [1.165, 1.54) is 5.69 Å². The Kier molecular flexibility index (Phi) is 12.9. The van der Waals surface area contributed by atoms with Crippen LogP contribution >= 0.6 is 23.2 Å². The van der Waals surface area contributed by atoms with Crippen LogP contribution in [0, 0.1) is 17.8 Å². The van der Waals surface area contributed by atoms with E-state index in [0.717, 1.165) is 103 Å². The number of halogens is 2. The first kappa shape index (κ1) is 42.2. The molecule has 4 aliphatic heterocycles. The Morgan fingerprint density at radius 3 is 2.20 bits per heavy atom. The number of carbonyl (C=O) groups is 4. The average Bonchev–Trinajstić information content (AvgIpc) is 3.25. The quantitative estimate of drug-likeness (QED) is 0.222. The Hall–Kier alpha value is -4.46. The summed E-state index contributed by atoms with van der Waals surface area (Å²) in [5, 5.41) is 6.67. The zero-order chi connectivity index (χ0) is 42.0. The third-order valence-electron chi connectivity index (χ3n) is 13.8. The zero-order valence-corrected chi connectivity index (χ0v) is 36.0. The van der Waals surface area contributed by atoms with Crippen molar-refractivity contribution in [3.63, 3.8) is 0 Å². The molecule has 15 heteroatoms. The van der Waals surface area contributed by atoms with E-state index in [4.69, 9.17) is 28.9 Å². The fourth-order valence-corrected chi connectivity index (χ4v) is 10.3. The van der Waals surface area contributed by atoms with Gasteiger partial charge in [0.05, 0.1) is 22.2 Å². The summed E-state index contributed by atoms with van der Waals surface area (Å²) in [6.45, 7) is 9.97. The summed E-state index contributed by atoms with van der Waals surface area (Å²) in [6.07, 6.45) is 9.47. The highest BCUT2D eigenvalue weighted by Crippen LogP contribution is 2.37. The normalized spacial score (nSPS) is 24.2. The molecule has 1 saturated carbocycles. The monoisotopic (exact) mass is 857 g/mol. The maximum absolute atomic E-state index is 13.6. The van der Waals surface area contributed by atoms with E-state index in [9.17, 15) is 19.2 Å². The van der Waals surface area contributed by atoms with Crippen LogP contribution in [0.3, 0.4) is 0 Å². The van der Waals surface area contributed by atoms with Gasteiger partial charge in [0.1, 0.15) is 11.5 Å². The minimum Gasteiger partial charge on any atom is -0.382 e. The molecule has 0 unspecified atom stereocenters. The highest BCUT2D eigenvalue weighted by molar-refractivity contribution is 6.43. The number of anilines is 3. The topological polar surface area (TPSA) is 157 Å². The van der Waals surface area contributed by atoms with E-state index >= 15 is 0 Å². The molecule has 60 heavy (non-hydrogen) atoms. The Bertz CT molecular complexity index is 2050. The lowest BCUT2D eigenvalue weighted by Gasteiger charge is -2.42. The molecule has 5 aliphatic rings. The number of piperazine rings is 1. The Morgan fingerprint density at radius 2 is 1.53 bits per heavy atom. The van der Waals surface area contributed by atoms with Crippen LogP contribution in [0.15, 0.2) is 48.7 Å². The molecule has 1 atom stereocenters. The summed E-state index contributed by atoms with van der Waals surface area (Å²) in [4.78, 5) is 69.4. The van der Waals surface area contributed by atoms with Crippen molar-refractivity contribution >= 4 is 64.2 Å². The number of nitrogen functional groups attached to an aromatic ring is 1. The highest BCUT2D eigenvalue weighted by atomic mass is 35.5. The van der Waals surface area contributed by atoms with Crippen molar-refractivity contribution in [2.45, 2.75) is 82.6 Å². The maximum Gasteiger partial charge on any atom is 0.234 e. The van der Waals surface area contributed by atoms with Crippen LogP contribution in [-0.2, 0) is 19.2 Å². The van der Waals surface area contributed by atoms with Crippen molar-refractivity contribution < 1.29 is 19.2 Å². The molecule has 4 N–H and O–H groups in total. The van der Waals surface area contributed by atoms with Crippen LogP contribution < -0.4 is 26.2 Å². The number of hydrogen-bond donors (Lipinski definition) is 3. The second-order valence-electron chi connectivity index (χ2n) is 17.8. The van der Waals surface area contributed by atoms with Crippen molar-refractivity contribution in [1.29, 1.82) is 0 Å². The second-order valence-corrected chi connectivity index (χ2v) is 18.6. The van der Waals surface area contributed by atoms with Crippen molar-refractivity contribution in [2.24, 2.45) is 17.8 Å². The fourth-order valence-electron chi connectivity index (χ4n) is 9.87. The van der Waals surface area contributed by atoms with E-state index in [1.54, 1.807) is 18.3 Å². The average molecular weight is 859 g/mol. The van der Waals surface area contributed by atoms with Gasteiger partial charge in [-0.05, 0) is 94.4 Å². The summed E-state index contributed by atoms with van der Waals surface area (Å²) in [7, 11) is 0. The van der Waals surface area contributed by atoms with Gasteiger partial charge < -0.3 is 25.8 Å². The zero-order valence-electron chi connectivity index (χ0n) is 34.5. The molecule has 2 aromatic carbocycles. The standard InChI is InChI=1S/C45H57Cl2N9O4/c1-45(17-21-55(22-18-45)37-27-49-40(41(48)50-37)35-3-2-4-36(46)39(35)47)52-42(58)31-5-7-32(8-6-31)44(60)56-25-23-53(24-26-56)28-29-15-19-54(20-16-29)33-11-9-30(10-12-33)34-13-14-38(57)51-43(34)59/h2-4,9-12,27,29,31-32,34H,5-8,13-26,28H2,1H3,(H2,48,50)(H,52,58)(H,51,57,59)/t31?,32?,34-/m0/s1. The largest absolute Gasteiger partial charge is 0.382 e. The predicted octanol–water partition coefficient (Wildman–Crippen LogP) is 5.90. The molecular formula is C45H57Cl2N9O4. The minimum atomic E-state index is -0.322. The summed E-state index contributed by atoms with van der Waals surface area (Å²) in [5.74, 6) is 1.27. The van der Waals surface area contributed by atoms with Gasteiger partial charge in [-0.3, -0.25) is 29.4 Å². The lowest BCUT2D eigenvalue weighted by atomic mass is 9.80. The van der Waals surface area contributed by atoms with Crippen LogP contribution in [0.5, 0.6) is 0 Å². The van der Waals surface area contributed by atoms with Crippen LogP contribution in [0.25, 0.3) is 11.3 Å². The number of benzene rings is 2. The molecular weight excluding hydrogens is 801 g/mol. The minimum absolute atomic E-state index is 0.00308. The van der Waals surface area contributed by atoms with Crippen LogP contribution in [0.1, 0.15) is 82.6 Å². The van der Waals surface area contributed by atoms with Gasteiger partial charge in [0.15, 0.2) is 5.82 Å². The van der Waals surface area contributed by atoms with Crippen molar-refractivity contribution in [3.8, 4) is 11.3 Å². The number of nitrogens with zero attached hydrogens (tertiary/aromatic N) is 6. The summed E-state index contributed by atoms with van der Waals surface area (Å²) < 4.78 is 0. The smallest absolute Gasteiger partial charge is 0.234 e. The molecule has 0 bridgehead atoms. The van der Waals surface area contributed by atoms with Gasteiger partial charge in [-0.15, -0.1) is 0 Å². The fraction of sp³-hybridized carbons (Fsp3) is 0.556. The van der Waals surface area contributed by atoms with E-state index in [2.05, 4.69) is 59.3 Å². The van der Waals surface area contributed by atoms with Crippen LogP contribution in [-0.4, -0.2) is 108 Å². The molecule has 0 radical (unpaired) electrons. The number of nitrogens with one attached hydrogen (secondary N) is 2. The molecule has 8 rings (SSSR count). The third-order valence-corrected chi connectivity index (χ3v) is 14.6. The van der Waals surface area contributed by atoms with Gasteiger partial charge in [-0.1, -0.05) is 47.5 Å². The first-order valence-electron chi connectivity index (χ1n) is 21.8. The summed E-state index contributed by atoms with van der Waals surface area (Å²) >= 11 is 12.6. The number of nitrogens with two attached hydrogens (primary N) is 1.